The molecule has 1 amide bonds. The van der Waals surface area contributed by atoms with Crippen molar-refractivity contribution in [2.24, 2.45) is 7.05 Å². The molecule has 0 atom stereocenters. The van der Waals surface area contributed by atoms with Crippen LogP contribution in [0.5, 0.6) is 0 Å². The van der Waals surface area contributed by atoms with Gasteiger partial charge in [0.25, 0.3) is 5.91 Å². The Morgan fingerprint density at radius 2 is 2.08 bits per heavy atom. The number of carbonyl (C=O) groups excluding carboxylic acids is 1. The highest BCUT2D eigenvalue weighted by molar-refractivity contribution is 7.09. The molecule has 0 bridgehead atoms. The Morgan fingerprint density at radius 1 is 1.33 bits per heavy atom. The lowest BCUT2D eigenvalue weighted by atomic mass is 10.1. The number of aryl methyl sites for hydroxylation is 2. The van der Waals surface area contributed by atoms with Crippen LogP contribution in [0.1, 0.15) is 21.2 Å². The number of hydrogen-bond acceptors (Lipinski definition) is 4. The molecule has 1 aromatic carbocycles. The van der Waals surface area contributed by atoms with E-state index in [2.05, 4.69) is 15.4 Å². The van der Waals surface area contributed by atoms with Crippen molar-refractivity contribution >= 4 is 17.2 Å². The summed E-state index contributed by atoms with van der Waals surface area (Å²) in [6.07, 6.45) is 0.688. The number of carbonyl (C=O) groups is 1. The first kappa shape index (κ1) is 16.3. The van der Waals surface area contributed by atoms with Crippen LogP contribution in [0.4, 0.5) is 4.39 Å². The molecule has 0 fully saturated rings. The van der Waals surface area contributed by atoms with E-state index < -0.39 is 0 Å². The normalized spacial score (nSPS) is 10.8. The van der Waals surface area contributed by atoms with Gasteiger partial charge in [0, 0.05) is 25.4 Å². The number of halogens is 1. The molecular weight excluding hydrogens is 327 g/mol. The number of aromatic nitrogens is 3. The van der Waals surface area contributed by atoms with E-state index in [4.69, 9.17) is 0 Å². The minimum atomic E-state index is -0.295. The first-order valence-electron chi connectivity index (χ1n) is 7.52. The summed E-state index contributed by atoms with van der Waals surface area (Å²) in [6, 6.07) is 7.81. The monoisotopic (exact) mass is 344 g/mol. The molecule has 0 spiro atoms. The molecule has 0 aliphatic carbocycles. The van der Waals surface area contributed by atoms with Gasteiger partial charge in [-0.3, -0.25) is 9.48 Å². The highest BCUT2D eigenvalue weighted by Crippen LogP contribution is 2.20. The summed E-state index contributed by atoms with van der Waals surface area (Å²) in [4.78, 5) is 16.6. The molecule has 1 N–H and O–H groups in total. The third kappa shape index (κ3) is 3.68. The fourth-order valence-corrected chi connectivity index (χ4v) is 3.03. The molecule has 5 nitrogen and oxygen atoms in total. The van der Waals surface area contributed by atoms with Crippen LogP contribution in [0.25, 0.3) is 11.3 Å². The number of hydrogen-bond donors (Lipinski definition) is 1. The van der Waals surface area contributed by atoms with Gasteiger partial charge in [-0.2, -0.15) is 5.10 Å². The Hall–Kier alpha value is -2.54. The lowest BCUT2D eigenvalue weighted by Gasteiger charge is -2.00. The first-order valence-corrected chi connectivity index (χ1v) is 8.40. The van der Waals surface area contributed by atoms with Crippen molar-refractivity contribution in [1.82, 2.24) is 20.1 Å². The van der Waals surface area contributed by atoms with Gasteiger partial charge >= 0.3 is 0 Å². The summed E-state index contributed by atoms with van der Waals surface area (Å²) >= 11 is 1.60. The fourth-order valence-electron chi connectivity index (χ4n) is 2.39. The highest BCUT2D eigenvalue weighted by Gasteiger charge is 2.14. The SMILES string of the molecule is Cc1nc(CCNC(=O)c2cc(-c3ccc(F)cc3)n(C)n2)cs1. The summed E-state index contributed by atoms with van der Waals surface area (Å²) < 4.78 is 14.6. The number of benzene rings is 1. The van der Waals surface area contributed by atoms with Gasteiger partial charge in [-0.1, -0.05) is 0 Å². The molecule has 3 aromatic rings. The van der Waals surface area contributed by atoms with Crippen molar-refractivity contribution in [3.63, 3.8) is 0 Å². The zero-order valence-corrected chi connectivity index (χ0v) is 14.2. The van der Waals surface area contributed by atoms with Crippen LogP contribution >= 0.6 is 11.3 Å². The van der Waals surface area contributed by atoms with E-state index in [1.165, 1.54) is 12.1 Å². The lowest BCUT2D eigenvalue weighted by molar-refractivity contribution is 0.0948. The third-order valence-electron chi connectivity index (χ3n) is 3.59. The molecule has 0 radical (unpaired) electrons. The van der Waals surface area contributed by atoms with Crippen molar-refractivity contribution < 1.29 is 9.18 Å². The van der Waals surface area contributed by atoms with Gasteiger partial charge in [-0.05, 0) is 42.8 Å². The second-order valence-electron chi connectivity index (χ2n) is 5.41. The van der Waals surface area contributed by atoms with E-state index in [0.29, 0.717) is 18.7 Å². The van der Waals surface area contributed by atoms with Gasteiger partial charge in [-0.25, -0.2) is 9.37 Å². The van der Waals surface area contributed by atoms with Crippen molar-refractivity contribution in [2.75, 3.05) is 6.54 Å². The second-order valence-corrected chi connectivity index (χ2v) is 6.47. The molecule has 3 rings (SSSR count). The van der Waals surface area contributed by atoms with Crippen molar-refractivity contribution in [2.45, 2.75) is 13.3 Å². The predicted octanol–water partition coefficient (Wildman–Crippen LogP) is 2.96. The molecule has 0 saturated carbocycles. The second kappa shape index (κ2) is 6.92. The number of nitrogens with zero attached hydrogens (tertiary/aromatic N) is 3. The molecule has 0 unspecified atom stereocenters. The first-order chi connectivity index (χ1) is 11.5. The van der Waals surface area contributed by atoms with Gasteiger partial charge in [0.05, 0.1) is 16.4 Å². The molecule has 0 aliphatic rings. The number of rotatable bonds is 5. The maximum Gasteiger partial charge on any atom is 0.271 e. The number of amides is 1. The summed E-state index contributed by atoms with van der Waals surface area (Å²) in [7, 11) is 1.76. The van der Waals surface area contributed by atoms with Crippen LogP contribution in [0.3, 0.4) is 0 Å². The van der Waals surface area contributed by atoms with E-state index in [9.17, 15) is 9.18 Å². The maximum absolute atomic E-state index is 13.0. The highest BCUT2D eigenvalue weighted by atomic mass is 32.1. The van der Waals surface area contributed by atoms with E-state index in [1.54, 1.807) is 41.3 Å². The largest absolute Gasteiger partial charge is 0.350 e. The van der Waals surface area contributed by atoms with Crippen LogP contribution < -0.4 is 5.32 Å². The minimum absolute atomic E-state index is 0.231. The average molecular weight is 344 g/mol. The maximum atomic E-state index is 13.0. The smallest absolute Gasteiger partial charge is 0.271 e. The molecule has 2 heterocycles. The van der Waals surface area contributed by atoms with Crippen LogP contribution in [-0.4, -0.2) is 27.2 Å². The van der Waals surface area contributed by atoms with Gasteiger partial charge in [0.15, 0.2) is 5.69 Å². The van der Waals surface area contributed by atoms with Crippen molar-refractivity contribution in [1.29, 1.82) is 0 Å². The molecule has 124 valence electrons. The van der Waals surface area contributed by atoms with Gasteiger partial charge in [0.2, 0.25) is 0 Å². The summed E-state index contributed by atoms with van der Waals surface area (Å²) in [5.74, 6) is -0.526. The lowest BCUT2D eigenvalue weighted by Crippen LogP contribution is -2.26. The predicted molar refractivity (Wildman–Crippen MR) is 91.5 cm³/mol. The zero-order chi connectivity index (χ0) is 17.1. The number of thiazole rings is 1. The third-order valence-corrected chi connectivity index (χ3v) is 4.41. The van der Waals surface area contributed by atoms with Crippen LogP contribution in [0, 0.1) is 12.7 Å². The number of nitrogens with one attached hydrogen (secondary N) is 1. The molecule has 0 saturated heterocycles. The Bertz CT molecular complexity index is 854. The van der Waals surface area contributed by atoms with E-state index in [1.807, 2.05) is 12.3 Å². The summed E-state index contributed by atoms with van der Waals surface area (Å²) in [5.41, 5.74) is 2.88. The minimum Gasteiger partial charge on any atom is -0.350 e. The molecule has 7 heteroatoms. The molecule has 2 aromatic heterocycles. The summed E-state index contributed by atoms with van der Waals surface area (Å²) in [5, 5.41) is 10.1. The topological polar surface area (TPSA) is 59.8 Å². The Labute approximate surface area is 143 Å². The van der Waals surface area contributed by atoms with E-state index >= 15 is 0 Å². The Kier molecular flexibility index (Phi) is 4.71. The van der Waals surface area contributed by atoms with Gasteiger partial charge in [0.1, 0.15) is 5.82 Å². The summed E-state index contributed by atoms with van der Waals surface area (Å²) in [6.45, 7) is 2.46. The van der Waals surface area contributed by atoms with E-state index in [0.717, 1.165) is 22.0 Å². The van der Waals surface area contributed by atoms with Gasteiger partial charge < -0.3 is 5.32 Å². The zero-order valence-electron chi connectivity index (χ0n) is 13.4. The molecule has 24 heavy (non-hydrogen) atoms. The van der Waals surface area contributed by atoms with E-state index in [-0.39, 0.29) is 11.7 Å². The van der Waals surface area contributed by atoms with Crippen molar-refractivity contribution in [3.8, 4) is 11.3 Å². The van der Waals surface area contributed by atoms with Crippen molar-refractivity contribution in [3.05, 3.63) is 57.9 Å². The Balaban J connectivity index is 1.65. The van der Waals surface area contributed by atoms with Crippen LogP contribution in [0.15, 0.2) is 35.7 Å². The molecular formula is C17H17FN4OS. The standard InChI is InChI=1S/C17H17FN4OS/c1-11-20-14(10-24-11)7-8-19-17(23)15-9-16(22(2)21-15)12-3-5-13(18)6-4-12/h3-6,9-10H,7-8H2,1-2H3,(H,19,23). The van der Waals surface area contributed by atoms with Gasteiger partial charge in [-0.15, -0.1) is 11.3 Å². The fraction of sp³-hybridized carbons (Fsp3) is 0.235. The van der Waals surface area contributed by atoms with Crippen LogP contribution in [-0.2, 0) is 13.5 Å². The average Bonchev–Trinajstić information content (AvgIpc) is 3.14. The molecule has 0 aliphatic heterocycles. The quantitative estimate of drug-likeness (QED) is 0.774. The van der Waals surface area contributed by atoms with Crippen LogP contribution in [0.2, 0.25) is 0 Å². The Morgan fingerprint density at radius 3 is 2.75 bits per heavy atom.